The summed E-state index contributed by atoms with van der Waals surface area (Å²) >= 11 is 12.0. The van der Waals surface area contributed by atoms with Gasteiger partial charge < -0.3 is 10.1 Å². The topological polar surface area (TPSA) is 113 Å². The van der Waals surface area contributed by atoms with Gasteiger partial charge in [0.25, 0.3) is 0 Å². The Labute approximate surface area is 222 Å². The summed E-state index contributed by atoms with van der Waals surface area (Å²) in [5.74, 6) is -0.0932. The standard InChI is InChI=1S/C23H29Cl2N3O6S2/c1-17(28(35(2,30)31)20-15-18(24)14-19(25)16-20)23(29)26-10-13-34-21-6-8-22(9-7-21)36(32,33)27-11-4-3-5-12-27/h6-9,14-17H,3-5,10-13H2,1-2H3,(H,26,29). The molecule has 9 nitrogen and oxygen atoms in total. The van der Waals surface area contributed by atoms with E-state index in [1.165, 1.54) is 41.6 Å². The summed E-state index contributed by atoms with van der Waals surface area (Å²) in [6.45, 7) is 2.71. The molecule has 1 unspecified atom stereocenters. The van der Waals surface area contributed by atoms with Crippen molar-refractivity contribution >= 4 is 54.8 Å². The fourth-order valence-electron chi connectivity index (χ4n) is 3.93. The Morgan fingerprint density at radius 2 is 1.61 bits per heavy atom. The molecule has 0 aromatic heterocycles. The summed E-state index contributed by atoms with van der Waals surface area (Å²) in [7, 11) is -7.35. The molecule has 1 saturated heterocycles. The number of nitrogens with one attached hydrogen (secondary N) is 1. The van der Waals surface area contributed by atoms with Crippen LogP contribution < -0.4 is 14.4 Å². The molecule has 0 radical (unpaired) electrons. The van der Waals surface area contributed by atoms with E-state index in [4.69, 9.17) is 27.9 Å². The Bertz CT molecular complexity index is 1260. The number of sulfonamides is 2. The first-order valence-electron chi connectivity index (χ1n) is 11.4. The number of carbonyl (C=O) groups is 1. The molecule has 0 saturated carbocycles. The van der Waals surface area contributed by atoms with E-state index in [2.05, 4.69) is 5.32 Å². The molecule has 1 N–H and O–H groups in total. The lowest BCUT2D eigenvalue weighted by Crippen LogP contribution is -2.48. The van der Waals surface area contributed by atoms with Gasteiger partial charge >= 0.3 is 0 Å². The second kappa shape index (κ2) is 12.0. The molecule has 1 heterocycles. The van der Waals surface area contributed by atoms with Crippen LogP contribution in [0.3, 0.4) is 0 Å². The normalized spacial score (nSPS) is 15.8. The summed E-state index contributed by atoms with van der Waals surface area (Å²) in [4.78, 5) is 12.9. The van der Waals surface area contributed by atoms with Crippen molar-refractivity contribution in [2.75, 3.05) is 36.8 Å². The predicted molar refractivity (Wildman–Crippen MR) is 141 cm³/mol. The average Bonchev–Trinajstić information content (AvgIpc) is 2.81. The minimum atomic E-state index is -3.82. The Morgan fingerprint density at radius 1 is 1.03 bits per heavy atom. The Hall–Kier alpha value is -2.05. The number of halogens is 2. The second-order valence-electron chi connectivity index (χ2n) is 8.44. The highest BCUT2D eigenvalue weighted by molar-refractivity contribution is 7.92. The smallest absolute Gasteiger partial charge is 0.243 e. The lowest BCUT2D eigenvalue weighted by Gasteiger charge is -2.28. The van der Waals surface area contributed by atoms with E-state index in [0.717, 1.165) is 29.8 Å². The van der Waals surface area contributed by atoms with Gasteiger partial charge in [-0.15, -0.1) is 0 Å². The first-order chi connectivity index (χ1) is 16.9. The molecule has 0 aliphatic carbocycles. The molecule has 2 aromatic carbocycles. The first kappa shape index (κ1) is 28.5. The number of hydrogen-bond acceptors (Lipinski definition) is 6. The monoisotopic (exact) mass is 577 g/mol. The van der Waals surface area contributed by atoms with Crippen LogP contribution in [0.5, 0.6) is 5.75 Å². The molecule has 1 aliphatic heterocycles. The van der Waals surface area contributed by atoms with Gasteiger partial charge in [0.15, 0.2) is 0 Å². The van der Waals surface area contributed by atoms with Crippen LogP contribution in [0, 0.1) is 0 Å². The fraction of sp³-hybridized carbons (Fsp3) is 0.435. The number of anilines is 1. The minimum absolute atomic E-state index is 0.0958. The third kappa shape index (κ3) is 7.25. The maximum Gasteiger partial charge on any atom is 0.243 e. The van der Waals surface area contributed by atoms with Gasteiger partial charge in [0.05, 0.1) is 23.4 Å². The highest BCUT2D eigenvalue weighted by Gasteiger charge is 2.29. The molecule has 13 heteroatoms. The number of carbonyl (C=O) groups excluding carboxylic acids is 1. The third-order valence-electron chi connectivity index (χ3n) is 5.64. The number of piperidine rings is 1. The van der Waals surface area contributed by atoms with Crippen LogP contribution in [0.4, 0.5) is 5.69 Å². The lowest BCUT2D eigenvalue weighted by molar-refractivity contribution is -0.121. The third-order valence-corrected chi connectivity index (χ3v) is 9.23. The quantitative estimate of drug-likeness (QED) is 0.432. The van der Waals surface area contributed by atoms with E-state index in [-0.39, 0.29) is 33.8 Å². The average molecular weight is 579 g/mol. The maximum absolute atomic E-state index is 12.7. The number of hydrogen-bond donors (Lipinski definition) is 1. The molecule has 1 fully saturated rings. The van der Waals surface area contributed by atoms with Gasteiger partial charge in [0, 0.05) is 23.1 Å². The van der Waals surface area contributed by atoms with Crippen molar-refractivity contribution in [2.24, 2.45) is 0 Å². The van der Waals surface area contributed by atoms with E-state index in [9.17, 15) is 21.6 Å². The van der Waals surface area contributed by atoms with Gasteiger partial charge in [-0.25, -0.2) is 16.8 Å². The summed E-state index contributed by atoms with van der Waals surface area (Å²) in [6.07, 6.45) is 3.75. The molecular formula is C23H29Cl2N3O6S2. The second-order valence-corrected chi connectivity index (χ2v) is 13.1. The highest BCUT2D eigenvalue weighted by atomic mass is 35.5. The highest BCUT2D eigenvalue weighted by Crippen LogP contribution is 2.28. The van der Waals surface area contributed by atoms with Gasteiger partial charge in [-0.2, -0.15) is 4.31 Å². The van der Waals surface area contributed by atoms with Crippen LogP contribution in [-0.4, -0.2) is 65.6 Å². The molecule has 1 amide bonds. The van der Waals surface area contributed by atoms with Crippen LogP contribution in [0.15, 0.2) is 47.4 Å². The van der Waals surface area contributed by atoms with Crippen molar-refractivity contribution in [3.63, 3.8) is 0 Å². The Morgan fingerprint density at radius 3 is 2.17 bits per heavy atom. The molecular weight excluding hydrogens is 549 g/mol. The predicted octanol–water partition coefficient (Wildman–Crippen LogP) is 3.52. The van der Waals surface area contributed by atoms with Crippen molar-refractivity contribution in [1.82, 2.24) is 9.62 Å². The first-order valence-corrected chi connectivity index (χ1v) is 15.4. The molecule has 1 aliphatic rings. The van der Waals surface area contributed by atoms with Crippen molar-refractivity contribution in [1.29, 1.82) is 0 Å². The van der Waals surface area contributed by atoms with Gasteiger partial charge in [0.1, 0.15) is 18.4 Å². The molecule has 36 heavy (non-hydrogen) atoms. The minimum Gasteiger partial charge on any atom is -0.492 e. The van der Waals surface area contributed by atoms with E-state index in [1.54, 1.807) is 12.1 Å². The molecule has 1 atom stereocenters. The van der Waals surface area contributed by atoms with Gasteiger partial charge in [0.2, 0.25) is 26.0 Å². The number of benzene rings is 2. The molecule has 3 rings (SSSR count). The Balaban J connectivity index is 1.56. The van der Waals surface area contributed by atoms with Crippen molar-refractivity contribution in [3.05, 3.63) is 52.5 Å². The zero-order chi connectivity index (χ0) is 26.5. The lowest BCUT2D eigenvalue weighted by atomic mass is 10.2. The molecule has 2 aromatic rings. The van der Waals surface area contributed by atoms with Crippen LogP contribution >= 0.6 is 23.2 Å². The van der Waals surface area contributed by atoms with E-state index < -0.39 is 32.0 Å². The van der Waals surface area contributed by atoms with Gasteiger partial charge in [-0.05, 0) is 62.2 Å². The van der Waals surface area contributed by atoms with Crippen LogP contribution in [0.2, 0.25) is 10.0 Å². The van der Waals surface area contributed by atoms with Gasteiger partial charge in [-0.1, -0.05) is 29.6 Å². The number of amides is 1. The Kier molecular flexibility index (Phi) is 9.50. The van der Waals surface area contributed by atoms with E-state index in [0.29, 0.717) is 18.8 Å². The fourth-order valence-corrected chi connectivity index (χ4v) is 7.12. The maximum atomic E-state index is 12.7. The zero-order valence-electron chi connectivity index (χ0n) is 20.0. The molecule has 0 bridgehead atoms. The van der Waals surface area contributed by atoms with Crippen LogP contribution in [0.1, 0.15) is 26.2 Å². The van der Waals surface area contributed by atoms with Gasteiger partial charge in [-0.3, -0.25) is 9.10 Å². The number of ether oxygens (including phenoxy) is 1. The van der Waals surface area contributed by atoms with Crippen molar-refractivity contribution in [2.45, 2.75) is 37.1 Å². The molecule has 198 valence electrons. The summed E-state index contributed by atoms with van der Waals surface area (Å²) in [5.41, 5.74) is 0.175. The van der Waals surface area contributed by atoms with Crippen molar-refractivity contribution < 1.29 is 26.4 Å². The summed E-state index contributed by atoms with van der Waals surface area (Å²) in [6, 6.07) is 9.34. The number of nitrogens with zero attached hydrogens (tertiary/aromatic N) is 2. The molecule has 0 spiro atoms. The summed E-state index contributed by atoms with van der Waals surface area (Å²) in [5, 5.41) is 3.12. The zero-order valence-corrected chi connectivity index (χ0v) is 23.1. The number of rotatable bonds is 10. The SMILES string of the molecule is CC(C(=O)NCCOc1ccc(S(=O)(=O)N2CCCCC2)cc1)N(c1cc(Cl)cc(Cl)c1)S(C)(=O)=O. The van der Waals surface area contributed by atoms with E-state index in [1.807, 2.05) is 0 Å². The van der Waals surface area contributed by atoms with Crippen LogP contribution in [-0.2, 0) is 24.8 Å². The summed E-state index contributed by atoms with van der Waals surface area (Å²) < 4.78 is 58.3. The van der Waals surface area contributed by atoms with Crippen molar-refractivity contribution in [3.8, 4) is 5.75 Å². The van der Waals surface area contributed by atoms with E-state index >= 15 is 0 Å². The van der Waals surface area contributed by atoms with Crippen LogP contribution in [0.25, 0.3) is 0 Å². The largest absolute Gasteiger partial charge is 0.492 e.